The molecule has 164 valence electrons. The van der Waals surface area contributed by atoms with E-state index >= 15 is 8.78 Å². The highest BCUT2D eigenvalue weighted by atomic mass is 19.1. The van der Waals surface area contributed by atoms with E-state index in [1.165, 1.54) is 43.2 Å². The number of nitrogens with zero attached hydrogens (tertiary/aromatic N) is 6. The van der Waals surface area contributed by atoms with Crippen LogP contribution in [-0.2, 0) is 9.59 Å². The number of benzene rings is 1. The van der Waals surface area contributed by atoms with Gasteiger partial charge in [0, 0.05) is 36.3 Å². The second kappa shape index (κ2) is 8.22. The topological polar surface area (TPSA) is 134 Å². The molecule has 0 aliphatic carbocycles. The summed E-state index contributed by atoms with van der Waals surface area (Å²) in [6.45, 7) is 0. The van der Waals surface area contributed by atoms with Gasteiger partial charge in [-0.25, -0.2) is 19.6 Å². The Morgan fingerprint density at radius 3 is 1.67 bits per heavy atom. The Hall–Kier alpha value is -4.48. The Balaban J connectivity index is 1.71. The molecule has 2 aliphatic rings. The zero-order valence-corrected chi connectivity index (χ0v) is 16.7. The number of hydrogen-bond acceptors (Lipinski definition) is 8. The summed E-state index contributed by atoms with van der Waals surface area (Å²) in [6, 6.07) is 3.32. The highest BCUT2D eigenvalue weighted by molar-refractivity contribution is 6.20. The summed E-state index contributed by atoms with van der Waals surface area (Å²) in [4.78, 5) is 42.3. The van der Waals surface area contributed by atoms with E-state index in [1.54, 1.807) is 0 Å². The van der Waals surface area contributed by atoms with Gasteiger partial charge in [-0.05, 0) is 12.1 Å². The monoisotopic (exact) mass is 448 g/mol. The van der Waals surface area contributed by atoms with Crippen LogP contribution in [0.15, 0.2) is 65.6 Å². The molecule has 2 atom stereocenters. The normalized spacial score (nSPS) is 20.7. The van der Waals surface area contributed by atoms with E-state index in [1.807, 2.05) is 0 Å². The first-order valence-electron chi connectivity index (χ1n) is 9.78. The SMILES string of the molecule is O=C1NN=C(c2cnccn2)C1C(c1c(F)cccc1F)C1C(=O)NN=C1c1cnccn1. The van der Waals surface area contributed by atoms with Crippen molar-refractivity contribution < 1.29 is 18.4 Å². The van der Waals surface area contributed by atoms with Crippen LogP contribution in [0.1, 0.15) is 22.9 Å². The van der Waals surface area contributed by atoms with E-state index in [0.717, 1.165) is 12.1 Å². The Labute approximate surface area is 184 Å². The van der Waals surface area contributed by atoms with Crippen LogP contribution in [0.25, 0.3) is 0 Å². The predicted octanol–water partition coefficient (Wildman–Crippen LogP) is 0.929. The molecular formula is C21H14F2N8O2. The lowest BCUT2D eigenvalue weighted by molar-refractivity contribution is -0.125. The van der Waals surface area contributed by atoms with Gasteiger partial charge in [-0.15, -0.1) is 0 Å². The minimum absolute atomic E-state index is 0.0962. The minimum Gasteiger partial charge on any atom is -0.272 e. The van der Waals surface area contributed by atoms with Crippen molar-refractivity contribution in [2.45, 2.75) is 5.92 Å². The molecule has 0 bridgehead atoms. The van der Waals surface area contributed by atoms with Gasteiger partial charge in [0.2, 0.25) is 11.8 Å². The molecule has 12 heteroatoms. The van der Waals surface area contributed by atoms with Crippen LogP contribution < -0.4 is 10.9 Å². The molecule has 2 amide bonds. The molecular weight excluding hydrogens is 434 g/mol. The van der Waals surface area contributed by atoms with Crippen LogP contribution in [-0.4, -0.2) is 43.2 Å². The largest absolute Gasteiger partial charge is 0.272 e. The Kier molecular flexibility index (Phi) is 5.09. The molecule has 2 aliphatic heterocycles. The standard InChI is InChI=1S/C21H14F2N8O2/c22-10-2-1-3-11(23)14(10)15(16-18(28-30-20(16)32)12-8-24-4-6-26-12)17-19(29-31-21(17)33)13-9-25-5-7-27-13/h1-9,15-17H,(H,30,32)(H,31,33). The summed E-state index contributed by atoms with van der Waals surface area (Å²) in [6.07, 6.45) is 8.39. The molecule has 33 heavy (non-hydrogen) atoms. The van der Waals surface area contributed by atoms with E-state index in [4.69, 9.17) is 0 Å². The fourth-order valence-electron chi connectivity index (χ4n) is 4.07. The van der Waals surface area contributed by atoms with E-state index in [-0.39, 0.29) is 22.8 Å². The first-order chi connectivity index (χ1) is 16.1. The number of amides is 2. The number of hydrogen-bond donors (Lipinski definition) is 2. The Morgan fingerprint density at radius 2 is 1.24 bits per heavy atom. The fourth-order valence-corrected chi connectivity index (χ4v) is 4.07. The third-order valence-electron chi connectivity index (χ3n) is 5.43. The second-order valence-corrected chi connectivity index (χ2v) is 7.24. The highest BCUT2D eigenvalue weighted by Gasteiger charge is 2.51. The molecule has 0 fully saturated rings. The number of halogens is 2. The van der Waals surface area contributed by atoms with Crippen molar-refractivity contribution in [3.8, 4) is 0 Å². The fraction of sp³-hybridized carbons (Fsp3) is 0.143. The number of rotatable bonds is 5. The molecule has 3 aromatic rings. The zero-order chi connectivity index (χ0) is 22.9. The molecule has 2 aromatic heterocycles. The van der Waals surface area contributed by atoms with E-state index in [2.05, 4.69) is 41.0 Å². The molecule has 0 spiro atoms. The number of aromatic nitrogens is 4. The summed E-state index contributed by atoms with van der Waals surface area (Å²) in [7, 11) is 0. The molecule has 10 nitrogen and oxygen atoms in total. The maximum atomic E-state index is 15.1. The number of carbonyl (C=O) groups excluding carboxylic acids is 2. The van der Waals surface area contributed by atoms with Crippen molar-refractivity contribution >= 4 is 23.2 Å². The lowest BCUT2D eigenvalue weighted by Crippen LogP contribution is -2.41. The van der Waals surface area contributed by atoms with Crippen molar-refractivity contribution in [3.05, 3.63) is 84.0 Å². The smallest absolute Gasteiger partial charge is 0.250 e. The number of hydrazone groups is 2. The molecule has 0 radical (unpaired) electrons. The van der Waals surface area contributed by atoms with Gasteiger partial charge in [-0.3, -0.25) is 29.5 Å². The average molecular weight is 448 g/mol. The summed E-state index contributed by atoms with van der Waals surface area (Å²) < 4.78 is 30.2. The van der Waals surface area contributed by atoms with Gasteiger partial charge in [0.25, 0.3) is 0 Å². The van der Waals surface area contributed by atoms with Gasteiger partial charge in [-0.2, -0.15) is 10.2 Å². The third-order valence-corrected chi connectivity index (χ3v) is 5.43. The summed E-state index contributed by atoms with van der Waals surface area (Å²) in [5.74, 6) is -7.05. The van der Waals surface area contributed by atoms with Crippen LogP contribution in [0, 0.1) is 23.5 Å². The summed E-state index contributed by atoms with van der Waals surface area (Å²) in [5, 5.41) is 8.08. The lowest BCUT2D eigenvalue weighted by Gasteiger charge is -2.28. The molecule has 2 N–H and O–H groups in total. The van der Waals surface area contributed by atoms with Crippen molar-refractivity contribution in [1.82, 2.24) is 30.8 Å². The Morgan fingerprint density at radius 1 is 0.758 bits per heavy atom. The molecule has 1 aromatic carbocycles. The molecule has 0 saturated carbocycles. The van der Waals surface area contributed by atoms with Crippen LogP contribution >= 0.6 is 0 Å². The Bertz CT molecular complexity index is 1200. The molecule has 5 rings (SSSR count). The van der Waals surface area contributed by atoms with Gasteiger partial charge in [0.1, 0.15) is 34.4 Å². The first-order valence-corrected chi connectivity index (χ1v) is 9.78. The lowest BCUT2D eigenvalue weighted by atomic mass is 9.71. The van der Waals surface area contributed by atoms with Gasteiger partial charge < -0.3 is 0 Å². The first kappa shape index (κ1) is 20.4. The van der Waals surface area contributed by atoms with Crippen molar-refractivity contribution in [1.29, 1.82) is 0 Å². The number of carbonyl (C=O) groups is 2. The second-order valence-electron chi connectivity index (χ2n) is 7.24. The molecule has 0 saturated heterocycles. The van der Waals surface area contributed by atoms with Crippen LogP contribution in [0.5, 0.6) is 0 Å². The van der Waals surface area contributed by atoms with Gasteiger partial charge in [-0.1, -0.05) is 6.07 Å². The highest BCUT2D eigenvalue weighted by Crippen LogP contribution is 2.41. The molecule has 2 unspecified atom stereocenters. The third kappa shape index (κ3) is 3.50. The van der Waals surface area contributed by atoms with E-state index < -0.39 is 46.8 Å². The van der Waals surface area contributed by atoms with Gasteiger partial charge in [0.05, 0.1) is 24.2 Å². The minimum atomic E-state index is -1.36. The van der Waals surface area contributed by atoms with Gasteiger partial charge in [0.15, 0.2) is 0 Å². The number of nitrogens with one attached hydrogen (secondary N) is 2. The van der Waals surface area contributed by atoms with Crippen molar-refractivity contribution in [2.24, 2.45) is 22.0 Å². The predicted molar refractivity (Wildman–Crippen MR) is 110 cm³/mol. The maximum Gasteiger partial charge on any atom is 0.250 e. The zero-order valence-electron chi connectivity index (χ0n) is 16.7. The summed E-state index contributed by atoms with van der Waals surface area (Å²) >= 11 is 0. The van der Waals surface area contributed by atoms with Crippen molar-refractivity contribution in [3.63, 3.8) is 0 Å². The van der Waals surface area contributed by atoms with E-state index in [0.29, 0.717) is 0 Å². The van der Waals surface area contributed by atoms with E-state index in [9.17, 15) is 9.59 Å². The van der Waals surface area contributed by atoms with Crippen LogP contribution in [0.3, 0.4) is 0 Å². The average Bonchev–Trinajstić information content (AvgIpc) is 3.40. The van der Waals surface area contributed by atoms with Crippen molar-refractivity contribution in [2.75, 3.05) is 0 Å². The van der Waals surface area contributed by atoms with Crippen LogP contribution in [0.2, 0.25) is 0 Å². The van der Waals surface area contributed by atoms with Crippen LogP contribution in [0.4, 0.5) is 8.78 Å². The quantitative estimate of drug-likeness (QED) is 0.596. The summed E-state index contributed by atoms with van der Waals surface area (Å²) in [5.41, 5.74) is 4.86. The molecule has 4 heterocycles. The van der Waals surface area contributed by atoms with Gasteiger partial charge >= 0.3 is 0 Å². The maximum absolute atomic E-state index is 15.1.